The molecule has 0 heterocycles. The highest BCUT2D eigenvalue weighted by atomic mass is 16.5. The first-order valence-corrected chi connectivity index (χ1v) is 5.64. The first kappa shape index (κ1) is 13.5. The van der Waals surface area contributed by atoms with Gasteiger partial charge in [0.1, 0.15) is 5.75 Å². The second kappa shape index (κ2) is 5.40. The standard InChI is InChI=1S/C14H10O6/c15-7-20-10-3-1-8(2-4-10)9-5-11(14(18)19)13(17)12(16)6-9/h1-4,6-7,17H,5H2,(H,18,19). The lowest BCUT2D eigenvalue weighted by Crippen LogP contribution is -2.15. The summed E-state index contributed by atoms with van der Waals surface area (Å²) in [5.74, 6) is -2.47. The zero-order valence-corrected chi connectivity index (χ0v) is 10.2. The van der Waals surface area contributed by atoms with Crippen LogP contribution in [0.15, 0.2) is 41.7 Å². The first-order chi connectivity index (χ1) is 9.52. The van der Waals surface area contributed by atoms with E-state index in [2.05, 4.69) is 4.74 Å². The number of allylic oxidation sites excluding steroid dienone is 2. The second-order valence-electron chi connectivity index (χ2n) is 4.08. The Morgan fingerprint density at radius 1 is 1.25 bits per heavy atom. The largest absolute Gasteiger partial charge is 0.504 e. The quantitative estimate of drug-likeness (QED) is 0.806. The molecular formula is C14H10O6. The summed E-state index contributed by atoms with van der Waals surface area (Å²) in [7, 11) is 0. The van der Waals surface area contributed by atoms with E-state index in [-0.39, 0.29) is 12.0 Å². The Kier molecular flexibility index (Phi) is 3.65. The van der Waals surface area contributed by atoms with Crippen molar-refractivity contribution in [3.05, 3.63) is 47.2 Å². The van der Waals surface area contributed by atoms with Crippen LogP contribution in [0.2, 0.25) is 0 Å². The van der Waals surface area contributed by atoms with Crippen molar-refractivity contribution >= 4 is 23.8 Å². The topological polar surface area (TPSA) is 101 Å². The summed E-state index contributed by atoms with van der Waals surface area (Å²) in [5, 5.41) is 18.4. The molecule has 0 aliphatic heterocycles. The van der Waals surface area contributed by atoms with Crippen LogP contribution in [0.1, 0.15) is 12.0 Å². The van der Waals surface area contributed by atoms with Gasteiger partial charge in [0, 0.05) is 6.42 Å². The molecule has 0 aromatic heterocycles. The van der Waals surface area contributed by atoms with Crippen molar-refractivity contribution < 1.29 is 29.3 Å². The molecule has 0 spiro atoms. The minimum atomic E-state index is -1.33. The average molecular weight is 274 g/mol. The number of aliphatic carboxylic acids is 1. The van der Waals surface area contributed by atoms with Gasteiger partial charge in [0.15, 0.2) is 5.76 Å². The van der Waals surface area contributed by atoms with Gasteiger partial charge in [0.2, 0.25) is 5.78 Å². The van der Waals surface area contributed by atoms with Crippen LogP contribution in [0.25, 0.3) is 5.57 Å². The van der Waals surface area contributed by atoms with Gasteiger partial charge in [0.05, 0.1) is 5.57 Å². The maximum absolute atomic E-state index is 11.5. The predicted molar refractivity (Wildman–Crippen MR) is 68.0 cm³/mol. The highest BCUT2D eigenvalue weighted by molar-refractivity contribution is 6.13. The van der Waals surface area contributed by atoms with Crippen molar-refractivity contribution in [1.82, 2.24) is 0 Å². The fraction of sp³-hybridized carbons (Fsp3) is 0.0714. The maximum atomic E-state index is 11.5. The molecule has 6 heteroatoms. The van der Waals surface area contributed by atoms with E-state index in [1.807, 2.05) is 0 Å². The van der Waals surface area contributed by atoms with Crippen LogP contribution in [-0.4, -0.2) is 28.4 Å². The van der Waals surface area contributed by atoms with Gasteiger partial charge in [-0.3, -0.25) is 9.59 Å². The summed E-state index contributed by atoms with van der Waals surface area (Å²) in [6.07, 6.45) is 1.14. The molecule has 0 saturated carbocycles. The molecule has 1 aliphatic carbocycles. The van der Waals surface area contributed by atoms with Gasteiger partial charge in [-0.05, 0) is 29.3 Å². The second-order valence-corrected chi connectivity index (χ2v) is 4.08. The number of hydrogen-bond acceptors (Lipinski definition) is 5. The van der Waals surface area contributed by atoms with E-state index >= 15 is 0 Å². The van der Waals surface area contributed by atoms with Crippen LogP contribution < -0.4 is 4.74 Å². The van der Waals surface area contributed by atoms with Crippen molar-refractivity contribution in [2.45, 2.75) is 6.42 Å². The average Bonchev–Trinajstić information content (AvgIpc) is 2.42. The number of carboxylic acid groups (broad SMARTS) is 1. The number of carbonyl (C=O) groups is 3. The van der Waals surface area contributed by atoms with Crippen molar-refractivity contribution in [3.8, 4) is 5.75 Å². The molecule has 2 N–H and O–H groups in total. The number of ketones is 1. The SMILES string of the molecule is O=COc1ccc(C2=CC(=O)C(O)=C(C(=O)O)C2)cc1. The molecule has 6 nitrogen and oxygen atoms in total. The van der Waals surface area contributed by atoms with Gasteiger partial charge in [-0.25, -0.2) is 4.79 Å². The van der Waals surface area contributed by atoms with Crippen LogP contribution in [0.5, 0.6) is 5.75 Å². The normalized spacial score (nSPS) is 14.8. The van der Waals surface area contributed by atoms with Crippen LogP contribution in [0, 0.1) is 0 Å². The summed E-state index contributed by atoms with van der Waals surface area (Å²) in [6.45, 7) is 0.293. The maximum Gasteiger partial charge on any atom is 0.335 e. The summed E-state index contributed by atoms with van der Waals surface area (Å²) >= 11 is 0. The number of aliphatic hydroxyl groups excluding tert-OH is 1. The van der Waals surface area contributed by atoms with Gasteiger partial charge in [-0.15, -0.1) is 0 Å². The van der Waals surface area contributed by atoms with Crippen molar-refractivity contribution in [3.63, 3.8) is 0 Å². The number of ether oxygens (including phenoxy) is 1. The van der Waals surface area contributed by atoms with Crippen molar-refractivity contribution in [1.29, 1.82) is 0 Å². The number of hydrogen-bond donors (Lipinski definition) is 2. The van der Waals surface area contributed by atoms with Gasteiger partial charge in [-0.2, -0.15) is 0 Å². The monoisotopic (exact) mass is 274 g/mol. The summed E-state index contributed by atoms with van der Waals surface area (Å²) in [5.41, 5.74) is 0.756. The molecule has 2 rings (SSSR count). The first-order valence-electron chi connectivity index (χ1n) is 5.64. The Hall–Kier alpha value is -2.89. The van der Waals surface area contributed by atoms with Gasteiger partial charge >= 0.3 is 5.97 Å². The fourth-order valence-corrected chi connectivity index (χ4v) is 1.87. The number of rotatable bonds is 4. The fourth-order valence-electron chi connectivity index (χ4n) is 1.87. The number of carboxylic acids is 1. The number of aliphatic hydroxyl groups is 1. The Bertz CT molecular complexity index is 636. The van der Waals surface area contributed by atoms with E-state index in [0.717, 1.165) is 0 Å². The number of benzene rings is 1. The summed E-state index contributed by atoms with van der Waals surface area (Å²) in [6, 6.07) is 6.24. The van der Waals surface area contributed by atoms with E-state index in [0.29, 0.717) is 23.4 Å². The van der Waals surface area contributed by atoms with Crippen LogP contribution in [0.3, 0.4) is 0 Å². The molecule has 20 heavy (non-hydrogen) atoms. The molecule has 102 valence electrons. The van der Waals surface area contributed by atoms with Gasteiger partial charge in [-0.1, -0.05) is 12.1 Å². The Morgan fingerprint density at radius 2 is 1.90 bits per heavy atom. The van der Waals surface area contributed by atoms with Gasteiger partial charge in [0.25, 0.3) is 6.47 Å². The predicted octanol–water partition coefficient (Wildman–Crippen LogP) is 1.47. The lowest BCUT2D eigenvalue weighted by atomic mass is 9.91. The van der Waals surface area contributed by atoms with Gasteiger partial charge < -0.3 is 14.9 Å². The lowest BCUT2D eigenvalue weighted by molar-refractivity contribution is -0.133. The lowest BCUT2D eigenvalue weighted by Gasteiger charge is -2.14. The molecule has 0 radical (unpaired) electrons. The van der Waals surface area contributed by atoms with E-state index in [9.17, 15) is 19.5 Å². The molecule has 0 amide bonds. The summed E-state index contributed by atoms with van der Waals surface area (Å²) in [4.78, 5) is 32.7. The smallest absolute Gasteiger partial charge is 0.335 e. The molecule has 1 aromatic carbocycles. The van der Waals surface area contributed by atoms with Crippen LogP contribution >= 0.6 is 0 Å². The zero-order valence-electron chi connectivity index (χ0n) is 10.2. The van der Waals surface area contributed by atoms with Crippen molar-refractivity contribution in [2.24, 2.45) is 0 Å². The Labute approximate surface area is 113 Å². The molecule has 0 unspecified atom stereocenters. The van der Waals surface area contributed by atoms with E-state index < -0.39 is 17.5 Å². The van der Waals surface area contributed by atoms with Crippen LogP contribution in [-0.2, 0) is 14.4 Å². The molecule has 0 atom stereocenters. The summed E-state index contributed by atoms with van der Waals surface area (Å²) < 4.78 is 4.64. The molecule has 0 bridgehead atoms. The molecule has 0 fully saturated rings. The van der Waals surface area contributed by atoms with Crippen LogP contribution in [0.4, 0.5) is 0 Å². The molecular weight excluding hydrogens is 264 g/mol. The number of carbonyl (C=O) groups excluding carboxylic acids is 2. The third-order valence-corrected chi connectivity index (χ3v) is 2.86. The van der Waals surface area contributed by atoms with E-state index in [1.54, 1.807) is 12.1 Å². The molecule has 1 aromatic rings. The highest BCUT2D eigenvalue weighted by Gasteiger charge is 2.25. The minimum Gasteiger partial charge on any atom is -0.504 e. The molecule has 0 saturated heterocycles. The zero-order chi connectivity index (χ0) is 14.7. The molecule has 1 aliphatic rings. The third-order valence-electron chi connectivity index (χ3n) is 2.86. The van der Waals surface area contributed by atoms with E-state index in [1.165, 1.54) is 18.2 Å². The minimum absolute atomic E-state index is 0.0548. The van der Waals surface area contributed by atoms with E-state index in [4.69, 9.17) is 5.11 Å². The highest BCUT2D eigenvalue weighted by Crippen LogP contribution is 2.29. The Balaban J connectivity index is 2.30. The third kappa shape index (κ3) is 2.59. The Morgan fingerprint density at radius 3 is 2.45 bits per heavy atom. The van der Waals surface area contributed by atoms with Crippen molar-refractivity contribution in [2.75, 3.05) is 0 Å².